The summed E-state index contributed by atoms with van der Waals surface area (Å²) in [6.45, 7) is 1.98. The summed E-state index contributed by atoms with van der Waals surface area (Å²) in [4.78, 5) is 12.2. The maximum atomic E-state index is 12.2. The fourth-order valence-electron chi connectivity index (χ4n) is 2.70. The second-order valence-corrected chi connectivity index (χ2v) is 5.55. The molecule has 94 valence electrons. The lowest BCUT2D eigenvalue weighted by Gasteiger charge is -2.26. The Bertz CT molecular complexity index is 629. The molecule has 0 spiro atoms. The van der Waals surface area contributed by atoms with Crippen LogP contribution < -0.4 is 10.9 Å². The Labute approximate surface area is 114 Å². The fraction of sp³-hybridized carbons (Fsp3) is 0.357. The average molecular weight is 307 g/mol. The van der Waals surface area contributed by atoms with E-state index in [0.29, 0.717) is 6.04 Å². The molecule has 0 aliphatic carbocycles. The molecule has 1 aromatic heterocycles. The number of piperidine rings is 1. The maximum Gasteiger partial charge on any atom is 0.251 e. The number of rotatable bonds is 1. The molecule has 0 unspecified atom stereocenters. The molecule has 3 nitrogen and oxygen atoms in total. The molecule has 1 aliphatic rings. The third-order valence-electron chi connectivity index (χ3n) is 3.59. The molecule has 4 heteroatoms. The molecule has 1 aromatic carbocycles. The first-order valence-corrected chi connectivity index (χ1v) is 7.07. The molecule has 3 rings (SSSR count). The predicted molar refractivity (Wildman–Crippen MR) is 77.0 cm³/mol. The molecule has 1 aliphatic heterocycles. The summed E-state index contributed by atoms with van der Waals surface area (Å²) < 4.78 is 3.00. The van der Waals surface area contributed by atoms with E-state index in [1.807, 2.05) is 28.8 Å². The number of nitrogens with one attached hydrogen (secondary N) is 1. The van der Waals surface area contributed by atoms with E-state index in [1.54, 1.807) is 6.07 Å². The van der Waals surface area contributed by atoms with Gasteiger partial charge < -0.3 is 9.88 Å². The Hall–Kier alpha value is -1.13. The lowest BCUT2D eigenvalue weighted by molar-refractivity contribution is 0.369. The van der Waals surface area contributed by atoms with Gasteiger partial charge in [0.2, 0.25) is 0 Å². The number of fused-ring (bicyclic) bond motifs is 1. The molecule has 0 saturated carbocycles. The number of pyridine rings is 1. The second-order valence-electron chi connectivity index (χ2n) is 4.70. The third-order valence-corrected chi connectivity index (χ3v) is 4.28. The molecular formula is C14H15BrN2O. The first kappa shape index (κ1) is 11.9. The van der Waals surface area contributed by atoms with Crippen LogP contribution in [0, 0.1) is 0 Å². The average Bonchev–Trinajstić information content (AvgIpc) is 2.40. The van der Waals surface area contributed by atoms with E-state index in [0.717, 1.165) is 41.3 Å². The molecule has 1 fully saturated rings. The Morgan fingerprint density at radius 1 is 1.17 bits per heavy atom. The Balaban J connectivity index is 2.23. The largest absolute Gasteiger partial charge is 0.317 e. The van der Waals surface area contributed by atoms with Crippen molar-refractivity contribution in [3.8, 4) is 0 Å². The van der Waals surface area contributed by atoms with E-state index in [9.17, 15) is 4.79 Å². The molecule has 18 heavy (non-hydrogen) atoms. The smallest absolute Gasteiger partial charge is 0.251 e. The van der Waals surface area contributed by atoms with E-state index in [-0.39, 0.29) is 5.56 Å². The van der Waals surface area contributed by atoms with Crippen LogP contribution in [0.2, 0.25) is 0 Å². The van der Waals surface area contributed by atoms with Crippen molar-refractivity contribution in [3.05, 3.63) is 45.2 Å². The van der Waals surface area contributed by atoms with Crippen molar-refractivity contribution in [2.75, 3.05) is 13.1 Å². The van der Waals surface area contributed by atoms with Crippen molar-refractivity contribution in [1.82, 2.24) is 9.88 Å². The zero-order valence-corrected chi connectivity index (χ0v) is 11.6. The zero-order valence-electron chi connectivity index (χ0n) is 10.0. The van der Waals surface area contributed by atoms with Crippen molar-refractivity contribution in [3.63, 3.8) is 0 Å². The van der Waals surface area contributed by atoms with Crippen molar-refractivity contribution in [2.45, 2.75) is 18.9 Å². The predicted octanol–water partition coefficient (Wildman–Crippen LogP) is 2.69. The van der Waals surface area contributed by atoms with Gasteiger partial charge >= 0.3 is 0 Å². The van der Waals surface area contributed by atoms with Crippen LogP contribution in [0.15, 0.2) is 39.6 Å². The monoisotopic (exact) mass is 306 g/mol. The van der Waals surface area contributed by atoms with Crippen molar-refractivity contribution < 1.29 is 0 Å². The summed E-state index contributed by atoms with van der Waals surface area (Å²) in [6.07, 6.45) is 2.04. The highest BCUT2D eigenvalue weighted by Gasteiger charge is 2.18. The van der Waals surface area contributed by atoms with Crippen LogP contribution in [0.25, 0.3) is 10.9 Å². The Morgan fingerprint density at radius 3 is 2.72 bits per heavy atom. The van der Waals surface area contributed by atoms with Crippen LogP contribution in [0.3, 0.4) is 0 Å². The van der Waals surface area contributed by atoms with Gasteiger partial charge in [0.25, 0.3) is 5.56 Å². The topological polar surface area (TPSA) is 34.0 Å². The molecule has 0 radical (unpaired) electrons. The first-order valence-electron chi connectivity index (χ1n) is 6.28. The summed E-state index contributed by atoms with van der Waals surface area (Å²) in [5, 5.41) is 4.45. The summed E-state index contributed by atoms with van der Waals surface area (Å²) in [6, 6.07) is 9.93. The highest BCUT2D eigenvalue weighted by molar-refractivity contribution is 9.10. The molecule has 1 saturated heterocycles. The van der Waals surface area contributed by atoms with Crippen LogP contribution in [0.4, 0.5) is 0 Å². The van der Waals surface area contributed by atoms with E-state index < -0.39 is 0 Å². The third kappa shape index (κ3) is 1.99. The SMILES string of the molecule is O=c1ccc2c(Br)cccc2n1C1CCNCC1. The molecule has 0 bridgehead atoms. The summed E-state index contributed by atoms with van der Waals surface area (Å²) in [5.74, 6) is 0. The number of nitrogens with zero attached hydrogens (tertiary/aromatic N) is 1. The van der Waals surface area contributed by atoms with Crippen molar-refractivity contribution in [1.29, 1.82) is 0 Å². The lowest BCUT2D eigenvalue weighted by atomic mass is 10.1. The number of hydrogen-bond donors (Lipinski definition) is 1. The van der Waals surface area contributed by atoms with E-state index in [2.05, 4.69) is 21.2 Å². The molecule has 1 N–H and O–H groups in total. The quantitative estimate of drug-likeness (QED) is 0.879. The second kappa shape index (κ2) is 4.86. The van der Waals surface area contributed by atoms with Crippen LogP contribution in [0.5, 0.6) is 0 Å². The van der Waals surface area contributed by atoms with Crippen molar-refractivity contribution in [2.24, 2.45) is 0 Å². The minimum Gasteiger partial charge on any atom is -0.317 e. The van der Waals surface area contributed by atoms with Gasteiger partial charge in [0.1, 0.15) is 0 Å². The van der Waals surface area contributed by atoms with Gasteiger partial charge in [-0.15, -0.1) is 0 Å². The lowest BCUT2D eigenvalue weighted by Crippen LogP contribution is -2.34. The van der Waals surface area contributed by atoms with Crippen LogP contribution in [0.1, 0.15) is 18.9 Å². The minimum absolute atomic E-state index is 0.104. The number of halogens is 1. The van der Waals surface area contributed by atoms with E-state index in [4.69, 9.17) is 0 Å². The highest BCUT2D eigenvalue weighted by atomic mass is 79.9. The molecule has 2 aromatic rings. The zero-order chi connectivity index (χ0) is 12.5. The van der Waals surface area contributed by atoms with Gasteiger partial charge in [0.05, 0.1) is 5.52 Å². The van der Waals surface area contributed by atoms with Gasteiger partial charge in [-0.3, -0.25) is 4.79 Å². The van der Waals surface area contributed by atoms with E-state index in [1.165, 1.54) is 0 Å². The van der Waals surface area contributed by atoms with Gasteiger partial charge in [-0.1, -0.05) is 22.0 Å². The first-order chi connectivity index (χ1) is 8.77. The van der Waals surface area contributed by atoms with Crippen LogP contribution in [-0.4, -0.2) is 17.7 Å². The van der Waals surface area contributed by atoms with E-state index >= 15 is 0 Å². The van der Waals surface area contributed by atoms with Gasteiger partial charge in [-0.25, -0.2) is 0 Å². The number of aromatic nitrogens is 1. The minimum atomic E-state index is 0.104. The normalized spacial score (nSPS) is 17.2. The van der Waals surface area contributed by atoms with Gasteiger partial charge in [0.15, 0.2) is 0 Å². The van der Waals surface area contributed by atoms with Gasteiger partial charge in [-0.2, -0.15) is 0 Å². The standard InChI is InChI=1S/C14H15BrN2O/c15-12-2-1-3-13-11(12)4-5-14(18)17(13)10-6-8-16-9-7-10/h1-5,10,16H,6-9H2. The fourth-order valence-corrected chi connectivity index (χ4v) is 3.18. The Morgan fingerprint density at radius 2 is 1.94 bits per heavy atom. The van der Waals surface area contributed by atoms with Crippen molar-refractivity contribution >= 4 is 26.8 Å². The number of benzene rings is 1. The molecule has 2 heterocycles. The number of hydrogen-bond acceptors (Lipinski definition) is 2. The summed E-state index contributed by atoms with van der Waals surface area (Å²) >= 11 is 3.55. The highest BCUT2D eigenvalue weighted by Crippen LogP contribution is 2.26. The van der Waals surface area contributed by atoms with Crippen LogP contribution in [-0.2, 0) is 0 Å². The Kier molecular flexibility index (Phi) is 3.22. The molecule has 0 atom stereocenters. The van der Waals surface area contributed by atoms with Gasteiger partial charge in [-0.05, 0) is 44.1 Å². The molecular weight excluding hydrogens is 292 g/mol. The maximum absolute atomic E-state index is 12.2. The van der Waals surface area contributed by atoms with Gasteiger partial charge in [0, 0.05) is 22.0 Å². The summed E-state index contributed by atoms with van der Waals surface area (Å²) in [5.41, 5.74) is 1.14. The van der Waals surface area contributed by atoms with Crippen LogP contribution >= 0.6 is 15.9 Å². The molecule has 0 amide bonds. The summed E-state index contributed by atoms with van der Waals surface area (Å²) in [7, 11) is 0.